The molecular formula is C8H17N3O3. The minimum atomic E-state index is -0.746. The Bertz CT molecular complexity index is 204. The van der Waals surface area contributed by atoms with E-state index in [0.717, 1.165) is 0 Å². The minimum Gasteiger partial charge on any atom is -0.394 e. The molecule has 0 aromatic heterocycles. The SMILES string of the molecule is CC[C@H](CO)NC(=O)C(C)NC(N)=O. The summed E-state index contributed by atoms with van der Waals surface area (Å²) < 4.78 is 0. The largest absolute Gasteiger partial charge is 0.394 e. The molecule has 6 nitrogen and oxygen atoms in total. The van der Waals surface area contributed by atoms with Crippen LogP contribution in [0.4, 0.5) is 4.79 Å². The molecule has 0 saturated carbocycles. The first-order valence-corrected chi connectivity index (χ1v) is 4.48. The Kier molecular flexibility index (Phi) is 5.62. The zero-order chi connectivity index (χ0) is 11.1. The highest BCUT2D eigenvalue weighted by Gasteiger charge is 2.16. The van der Waals surface area contributed by atoms with E-state index >= 15 is 0 Å². The van der Waals surface area contributed by atoms with Crippen LogP contribution >= 0.6 is 0 Å². The van der Waals surface area contributed by atoms with Crippen molar-refractivity contribution < 1.29 is 14.7 Å². The summed E-state index contributed by atoms with van der Waals surface area (Å²) in [4.78, 5) is 21.7. The second-order valence-corrected chi connectivity index (χ2v) is 3.03. The van der Waals surface area contributed by atoms with E-state index in [-0.39, 0.29) is 18.6 Å². The number of carbonyl (C=O) groups excluding carboxylic acids is 2. The lowest BCUT2D eigenvalue weighted by molar-refractivity contribution is -0.123. The first kappa shape index (κ1) is 12.7. The van der Waals surface area contributed by atoms with E-state index in [1.807, 2.05) is 6.92 Å². The van der Waals surface area contributed by atoms with Gasteiger partial charge in [-0.3, -0.25) is 4.79 Å². The highest BCUT2D eigenvalue weighted by molar-refractivity contribution is 5.86. The van der Waals surface area contributed by atoms with Crippen LogP contribution in [0.2, 0.25) is 0 Å². The van der Waals surface area contributed by atoms with Crippen LogP contribution in [-0.4, -0.2) is 35.7 Å². The van der Waals surface area contributed by atoms with Gasteiger partial charge in [0.15, 0.2) is 0 Å². The summed E-state index contributed by atoms with van der Waals surface area (Å²) in [6.07, 6.45) is 0.630. The number of carbonyl (C=O) groups is 2. The monoisotopic (exact) mass is 203 g/mol. The molecule has 0 aromatic rings. The molecule has 82 valence electrons. The second kappa shape index (κ2) is 6.20. The highest BCUT2D eigenvalue weighted by atomic mass is 16.3. The molecule has 3 amide bonds. The van der Waals surface area contributed by atoms with Gasteiger partial charge in [0.2, 0.25) is 5.91 Å². The lowest BCUT2D eigenvalue weighted by atomic mass is 10.2. The highest BCUT2D eigenvalue weighted by Crippen LogP contribution is 1.90. The smallest absolute Gasteiger partial charge is 0.312 e. The van der Waals surface area contributed by atoms with Crippen molar-refractivity contribution in [3.05, 3.63) is 0 Å². The van der Waals surface area contributed by atoms with E-state index in [9.17, 15) is 9.59 Å². The average molecular weight is 203 g/mol. The van der Waals surface area contributed by atoms with E-state index in [2.05, 4.69) is 10.6 Å². The van der Waals surface area contributed by atoms with Gasteiger partial charge in [0.1, 0.15) is 6.04 Å². The van der Waals surface area contributed by atoms with Crippen LogP contribution < -0.4 is 16.4 Å². The molecule has 14 heavy (non-hydrogen) atoms. The first-order chi connectivity index (χ1) is 6.51. The number of hydrogen-bond donors (Lipinski definition) is 4. The Morgan fingerprint density at radius 3 is 2.36 bits per heavy atom. The second-order valence-electron chi connectivity index (χ2n) is 3.03. The van der Waals surface area contributed by atoms with Gasteiger partial charge in [-0.2, -0.15) is 0 Å². The number of primary amides is 1. The molecule has 0 aromatic carbocycles. The van der Waals surface area contributed by atoms with Crippen LogP contribution in [0, 0.1) is 0 Å². The maximum atomic E-state index is 11.3. The zero-order valence-electron chi connectivity index (χ0n) is 8.41. The summed E-state index contributed by atoms with van der Waals surface area (Å²) in [7, 11) is 0. The summed E-state index contributed by atoms with van der Waals surface area (Å²) in [5.41, 5.74) is 4.85. The van der Waals surface area contributed by atoms with Gasteiger partial charge in [-0.05, 0) is 13.3 Å². The lowest BCUT2D eigenvalue weighted by Gasteiger charge is -2.17. The minimum absolute atomic E-state index is 0.120. The van der Waals surface area contributed by atoms with Crippen molar-refractivity contribution in [2.24, 2.45) is 5.73 Å². The number of urea groups is 1. The van der Waals surface area contributed by atoms with Crippen LogP contribution in [0.15, 0.2) is 0 Å². The third-order valence-corrected chi connectivity index (χ3v) is 1.81. The van der Waals surface area contributed by atoms with Crippen LogP contribution in [0.1, 0.15) is 20.3 Å². The summed E-state index contributed by atoms with van der Waals surface area (Å²) in [5, 5.41) is 13.6. The van der Waals surface area contributed by atoms with Crippen LogP contribution in [0.25, 0.3) is 0 Å². The van der Waals surface area contributed by atoms with Crippen LogP contribution in [-0.2, 0) is 4.79 Å². The van der Waals surface area contributed by atoms with Gasteiger partial charge in [-0.15, -0.1) is 0 Å². The van der Waals surface area contributed by atoms with Crippen molar-refractivity contribution >= 4 is 11.9 Å². The molecule has 0 radical (unpaired) electrons. The number of amides is 3. The van der Waals surface area contributed by atoms with Crippen molar-refractivity contribution in [2.45, 2.75) is 32.4 Å². The lowest BCUT2D eigenvalue weighted by Crippen LogP contribution is -2.50. The topological polar surface area (TPSA) is 104 Å². The summed E-state index contributed by atoms with van der Waals surface area (Å²) in [5.74, 6) is -0.357. The van der Waals surface area contributed by atoms with E-state index in [1.54, 1.807) is 0 Å². The Hall–Kier alpha value is -1.30. The summed E-state index contributed by atoms with van der Waals surface area (Å²) in [6, 6.07) is -1.71. The van der Waals surface area contributed by atoms with Crippen molar-refractivity contribution in [1.82, 2.24) is 10.6 Å². The fourth-order valence-corrected chi connectivity index (χ4v) is 0.882. The maximum absolute atomic E-state index is 11.3. The Morgan fingerprint density at radius 2 is 2.00 bits per heavy atom. The predicted octanol–water partition coefficient (Wildman–Crippen LogP) is -1.07. The van der Waals surface area contributed by atoms with Gasteiger partial charge in [0.05, 0.1) is 12.6 Å². The number of aliphatic hydroxyl groups excluding tert-OH is 1. The third kappa shape index (κ3) is 4.66. The molecule has 0 fully saturated rings. The molecular weight excluding hydrogens is 186 g/mol. The number of nitrogens with one attached hydrogen (secondary N) is 2. The van der Waals surface area contributed by atoms with Crippen LogP contribution in [0.3, 0.4) is 0 Å². The molecule has 0 rings (SSSR count). The van der Waals surface area contributed by atoms with Crippen molar-refractivity contribution in [3.63, 3.8) is 0 Å². The Labute approximate surface area is 82.9 Å². The van der Waals surface area contributed by atoms with Gasteiger partial charge in [-0.1, -0.05) is 6.92 Å². The molecule has 1 unspecified atom stereocenters. The normalized spacial score (nSPS) is 14.2. The quantitative estimate of drug-likeness (QED) is 0.457. The molecule has 5 N–H and O–H groups in total. The maximum Gasteiger partial charge on any atom is 0.312 e. The van der Waals surface area contributed by atoms with Gasteiger partial charge >= 0.3 is 6.03 Å². The van der Waals surface area contributed by atoms with Gasteiger partial charge in [0, 0.05) is 0 Å². The van der Waals surface area contributed by atoms with Crippen LogP contribution in [0.5, 0.6) is 0 Å². The third-order valence-electron chi connectivity index (χ3n) is 1.81. The average Bonchev–Trinajstić information content (AvgIpc) is 2.12. The van der Waals surface area contributed by atoms with Crippen molar-refractivity contribution in [1.29, 1.82) is 0 Å². The van der Waals surface area contributed by atoms with E-state index in [4.69, 9.17) is 10.8 Å². The number of hydrogen-bond acceptors (Lipinski definition) is 3. The standard InChI is InChI=1S/C8H17N3O3/c1-3-6(4-12)11-7(13)5(2)10-8(9)14/h5-6,12H,3-4H2,1-2H3,(H,11,13)(H3,9,10,14)/t5?,6-/m1/s1. The fraction of sp³-hybridized carbons (Fsp3) is 0.750. The molecule has 0 aliphatic carbocycles. The molecule has 0 bridgehead atoms. The van der Waals surface area contributed by atoms with Gasteiger partial charge < -0.3 is 21.5 Å². The summed E-state index contributed by atoms with van der Waals surface area (Å²) >= 11 is 0. The molecule has 0 spiro atoms. The van der Waals surface area contributed by atoms with E-state index in [1.165, 1.54) is 6.92 Å². The number of aliphatic hydroxyl groups is 1. The predicted molar refractivity (Wildman–Crippen MR) is 51.5 cm³/mol. The molecule has 2 atom stereocenters. The van der Waals surface area contributed by atoms with E-state index in [0.29, 0.717) is 6.42 Å². The van der Waals surface area contributed by atoms with E-state index < -0.39 is 12.1 Å². The van der Waals surface area contributed by atoms with Crippen molar-refractivity contribution in [2.75, 3.05) is 6.61 Å². The molecule has 0 saturated heterocycles. The zero-order valence-corrected chi connectivity index (χ0v) is 8.41. The van der Waals surface area contributed by atoms with Gasteiger partial charge in [0.25, 0.3) is 0 Å². The van der Waals surface area contributed by atoms with Crippen molar-refractivity contribution in [3.8, 4) is 0 Å². The Balaban J connectivity index is 3.99. The molecule has 0 aliphatic heterocycles. The molecule has 6 heteroatoms. The molecule has 0 aliphatic rings. The fourth-order valence-electron chi connectivity index (χ4n) is 0.882. The summed E-state index contributed by atoms with van der Waals surface area (Å²) in [6.45, 7) is 3.24. The molecule has 0 heterocycles. The Morgan fingerprint density at radius 1 is 1.43 bits per heavy atom. The van der Waals surface area contributed by atoms with Gasteiger partial charge in [-0.25, -0.2) is 4.79 Å². The number of rotatable bonds is 5. The first-order valence-electron chi connectivity index (χ1n) is 4.48. The number of nitrogens with two attached hydrogens (primary N) is 1.